The van der Waals surface area contributed by atoms with Crippen LogP contribution < -0.4 is 0 Å². The molecule has 0 radical (unpaired) electrons. The topological polar surface area (TPSA) is 17.1 Å². The van der Waals surface area contributed by atoms with Gasteiger partial charge in [0, 0.05) is 4.88 Å². The zero-order chi connectivity index (χ0) is 13.8. The SMILES string of the molecule is CCCCCCCCCCC=Cc1ccc(C=O)s1. The minimum absolute atomic E-state index is 0.812. The molecule has 0 aliphatic heterocycles. The predicted octanol–water partition coefficient (Wildman–Crippen LogP) is 6.10. The van der Waals surface area contributed by atoms with Crippen molar-refractivity contribution in [3.8, 4) is 0 Å². The third-order valence-electron chi connectivity index (χ3n) is 3.27. The molecule has 2 heteroatoms. The first-order valence-electron chi connectivity index (χ1n) is 7.58. The van der Waals surface area contributed by atoms with Crippen LogP contribution in [-0.4, -0.2) is 6.29 Å². The van der Waals surface area contributed by atoms with Crippen molar-refractivity contribution in [1.82, 2.24) is 0 Å². The highest BCUT2D eigenvalue weighted by atomic mass is 32.1. The van der Waals surface area contributed by atoms with Gasteiger partial charge in [0.05, 0.1) is 4.88 Å². The summed E-state index contributed by atoms with van der Waals surface area (Å²) in [6.07, 6.45) is 17.4. The second-order valence-corrected chi connectivity index (χ2v) is 6.17. The zero-order valence-corrected chi connectivity index (χ0v) is 12.9. The minimum atomic E-state index is 0.812. The molecule has 0 fully saturated rings. The standard InChI is InChI=1S/C17H26OS/c1-2-3-4-5-6-7-8-9-10-11-12-16-13-14-17(15-18)19-16/h11-15H,2-10H2,1H3. The Morgan fingerprint density at radius 3 is 2.21 bits per heavy atom. The third kappa shape index (κ3) is 7.99. The summed E-state index contributed by atoms with van der Waals surface area (Å²) in [4.78, 5) is 12.5. The molecule has 0 amide bonds. The Morgan fingerprint density at radius 2 is 1.58 bits per heavy atom. The van der Waals surface area contributed by atoms with Crippen LogP contribution in [0.15, 0.2) is 18.2 Å². The van der Waals surface area contributed by atoms with E-state index in [0.29, 0.717) is 0 Å². The van der Waals surface area contributed by atoms with E-state index in [2.05, 4.69) is 19.1 Å². The molecule has 1 heterocycles. The smallest absolute Gasteiger partial charge is 0.160 e. The molecule has 0 aliphatic rings. The Bertz CT molecular complexity index is 365. The van der Waals surface area contributed by atoms with Crippen LogP contribution in [0.25, 0.3) is 6.08 Å². The van der Waals surface area contributed by atoms with Crippen molar-refractivity contribution in [3.63, 3.8) is 0 Å². The summed E-state index contributed by atoms with van der Waals surface area (Å²) < 4.78 is 0. The molecule has 0 saturated carbocycles. The Morgan fingerprint density at radius 1 is 0.947 bits per heavy atom. The van der Waals surface area contributed by atoms with Gasteiger partial charge in [-0.05, 0) is 31.1 Å². The molecule has 1 nitrogen and oxygen atoms in total. The summed E-state index contributed by atoms with van der Waals surface area (Å²) in [5.74, 6) is 0. The number of rotatable bonds is 11. The molecule has 1 aromatic rings. The zero-order valence-electron chi connectivity index (χ0n) is 12.1. The van der Waals surface area contributed by atoms with Gasteiger partial charge in [-0.3, -0.25) is 4.79 Å². The molecule has 19 heavy (non-hydrogen) atoms. The lowest BCUT2D eigenvalue weighted by Gasteiger charge is -1.99. The molecule has 0 saturated heterocycles. The van der Waals surface area contributed by atoms with E-state index in [1.807, 2.05) is 12.1 Å². The maximum absolute atomic E-state index is 10.5. The fourth-order valence-electron chi connectivity index (χ4n) is 2.12. The molecule has 106 valence electrons. The number of hydrogen-bond donors (Lipinski definition) is 0. The maximum atomic E-state index is 10.5. The second-order valence-electron chi connectivity index (χ2n) is 5.02. The summed E-state index contributed by atoms with van der Waals surface area (Å²) in [5.41, 5.74) is 0. The Hall–Kier alpha value is -0.890. The second kappa shape index (κ2) is 11.0. The molecular formula is C17H26OS. The number of thiophene rings is 1. The molecule has 1 rings (SSSR count). The van der Waals surface area contributed by atoms with Gasteiger partial charge < -0.3 is 0 Å². The highest BCUT2D eigenvalue weighted by molar-refractivity contribution is 7.14. The number of unbranched alkanes of at least 4 members (excludes halogenated alkanes) is 8. The first-order valence-corrected chi connectivity index (χ1v) is 8.40. The van der Waals surface area contributed by atoms with E-state index in [-0.39, 0.29) is 0 Å². The average molecular weight is 278 g/mol. The van der Waals surface area contributed by atoms with Gasteiger partial charge in [-0.15, -0.1) is 11.3 Å². The van der Waals surface area contributed by atoms with E-state index in [9.17, 15) is 4.79 Å². The lowest BCUT2D eigenvalue weighted by molar-refractivity contribution is 0.112. The van der Waals surface area contributed by atoms with Crippen molar-refractivity contribution in [2.45, 2.75) is 64.7 Å². The van der Waals surface area contributed by atoms with E-state index in [1.165, 1.54) is 56.2 Å². The van der Waals surface area contributed by atoms with Gasteiger partial charge in [0.15, 0.2) is 6.29 Å². The molecule has 0 spiro atoms. The molecule has 0 bridgehead atoms. The van der Waals surface area contributed by atoms with Crippen LogP contribution in [-0.2, 0) is 0 Å². The van der Waals surface area contributed by atoms with E-state index in [1.54, 1.807) is 11.3 Å². The average Bonchev–Trinajstić information content (AvgIpc) is 2.89. The van der Waals surface area contributed by atoms with E-state index >= 15 is 0 Å². The van der Waals surface area contributed by atoms with Gasteiger partial charge in [-0.2, -0.15) is 0 Å². The van der Waals surface area contributed by atoms with Gasteiger partial charge >= 0.3 is 0 Å². The van der Waals surface area contributed by atoms with Crippen molar-refractivity contribution in [2.75, 3.05) is 0 Å². The number of carbonyl (C=O) groups excluding carboxylic acids is 1. The van der Waals surface area contributed by atoms with Gasteiger partial charge in [-0.1, -0.05) is 57.9 Å². The van der Waals surface area contributed by atoms with Crippen LogP contribution in [0.2, 0.25) is 0 Å². The van der Waals surface area contributed by atoms with Crippen LogP contribution in [0, 0.1) is 0 Å². The largest absolute Gasteiger partial charge is 0.297 e. The summed E-state index contributed by atoms with van der Waals surface area (Å²) in [6, 6.07) is 3.90. The quantitative estimate of drug-likeness (QED) is 0.353. The molecule has 1 aromatic heterocycles. The first-order chi connectivity index (χ1) is 9.36. The Balaban J connectivity index is 1.97. The van der Waals surface area contributed by atoms with Gasteiger partial charge in [0.1, 0.15) is 0 Å². The van der Waals surface area contributed by atoms with Crippen molar-refractivity contribution < 1.29 is 4.79 Å². The fraction of sp³-hybridized carbons (Fsp3) is 0.588. The summed E-state index contributed by atoms with van der Waals surface area (Å²) in [6.45, 7) is 2.26. The van der Waals surface area contributed by atoms with E-state index in [4.69, 9.17) is 0 Å². The highest BCUT2D eigenvalue weighted by Gasteiger charge is 1.94. The lowest BCUT2D eigenvalue weighted by atomic mass is 10.1. The molecule has 0 N–H and O–H groups in total. The van der Waals surface area contributed by atoms with E-state index in [0.717, 1.165) is 17.6 Å². The summed E-state index contributed by atoms with van der Waals surface area (Å²) in [5, 5.41) is 0. The predicted molar refractivity (Wildman–Crippen MR) is 86.0 cm³/mol. The normalized spacial score (nSPS) is 11.2. The first kappa shape index (κ1) is 16.2. The van der Waals surface area contributed by atoms with Crippen LogP contribution in [0.1, 0.15) is 79.3 Å². The van der Waals surface area contributed by atoms with Gasteiger partial charge in [0.25, 0.3) is 0 Å². The number of allylic oxidation sites excluding steroid dienone is 1. The summed E-state index contributed by atoms with van der Waals surface area (Å²) >= 11 is 1.56. The molecule has 0 aliphatic carbocycles. The molecule has 0 atom stereocenters. The number of carbonyl (C=O) groups is 1. The van der Waals surface area contributed by atoms with Crippen molar-refractivity contribution in [3.05, 3.63) is 28.0 Å². The fourth-order valence-corrected chi connectivity index (χ4v) is 2.87. The van der Waals surface area contributed by atoms with Gasteiger partial charge in [-0.25, -0.2) is 0 Å². The maximum Gasteiger partial charge on any atom is 0.160 e. The number of aldehydes is 1. The summed E-state index contributed by atoms with van der Waals surface area (Å²) in [7, 11) is 0. The molecular weight excluding hydrogens is 252 g/mol. The Kier molecular flexibility index (Phi) is 9.34. The van der Waals surface area contributed by atoms with Crippen LogP contribution in [0.4, 0.5) is 0 Å². The molecule has 0 unspecified atom stereocenters. The van der Waals surface area contributed by atoms with Crippen molar-refractivity contribution in [2.24, 2.45) is 0 Å². The third-order valence-corrected chi connectivity index (χ3v) is 4.25. The Labute approximate surface area is 121 Å². The monoisotopic (exact) mass is 278 g/mol. The van der Waals surface area contributed by atoms with Crippen LogP contribution in [0.3, 0.4) is 0 Å². The van der Waals surface area contributed by atoms with Crippen LogP contribution in [0.5, 0.6) is 0 Å². The van der Waals surface area contributed by atoms with E-state index < -0.39 is 0 Å². The number of hydrogen-bond acceptors (Lipinski definition) is 2. The van der Waals surface area contributed by atoms with Crippen LogP contribution >= 0.6 is 11.3 Å². The molecule has 0 aromatic carbocycles. The van der Waals surface area contributed by atoms with Gasteiger partial charge in [0.2, 0.25) is 0 Å². The lowest BCUT2D eigenvalue weighted by Crippen LogP contribution is -1.79. The van der Waals surface area contributed by atoms with Crippen molar-refractivity contribution >= 4 is 23.7 Å². The minimum Gasteiger partial charge on any atom is -0.297 e. The highest BCUT2D eigenvalue weighted by Crippen LogP contribution is 2.17. The van der Waals surface area contributed by atoms with Crippen molar-refractivity contribution in [1.29, 1.82) is 0 Å².